The Kier molecular flexibility index (Phi) is 6.61. The van der Waals surface area contributed by atoms with Crippen molar-refractivity contribution in [3.63, 3.8) is 0 Å². The van der Waals surface area contributed by atoms with E-state index < -0.39 is 38.9 Å². The molecule has 7 heteroatoms. The highest BCUT2D eigenvalue weighted by molar-refractivity contribution is 7.91. The number of rotatable bonds is 6. The molecule has 3 rings (SSSR count). The van der Waals surface area contributed by atoms with Gasteiger partial charge in [-0.2, -0.15) is 0 Å². The molecule has 0 spiro atoms. The molecule has 1 aliphatic carbocycles. The van der Waals surface area contributed by atoms with Gasteiger partial charge in [-0.1, -0.05) is 42.0 Å². The fourth-order valence-electron chi connectivity index (χ4n) is 4.01. The molecular weight excluding hydrogens is 404 g/mol. The number of ether oxygens (including phenoxy) is 2. The van der Waals surface area contributed by atoms with Crippen molar-refractivity contribution < 1.29 is 27.5 Å². The second kappa shape index (κ2) is 9.00. The third kappa shape index (κ3) is 4.12. The zero-order valence-corrected chi connectivity index (χ0v) is 18.1. The maximum atomic E-state index is 13.7. The summed E-state index contributed by atoms with van der Waals surface area (Å²) >= 11 is 0. The number of carbonyl (C=O) groups is 2. The van der Waals surface area contributed by atoms with Crippen LogP contribution in [-0.2, 0) is 35.3 Å². The molecule has 0 bridgehead atoms. The summed E-state index contributed by atoms with van der Waals surface area (Å²) in [5, 5.41) is -1.24. The Hall–Kier alpha value is -2.67. The number of aryl methyl sites for hydroxylation is 1. The van der Waals surface area contributed by atoms with E-state index in [0.717, 1.165) is 11.1 Å². The number of fused-ring (bicyclic) bond motifs is 1. The zero-order valence-electron chi connectivity index (χ0n) is 17.3. The van der Waals surface area contributed by atoms with Crippen molar-refractivity contribution in [2.24, 2.45) is 11.8 Å². The highest BCUT2D eigenvalue weighted by Crippen LogP contribution is 2.46. The summed E-state index contributed by atoms with van der Waals surface area (Å²) in [7, 11) is -3.99. The molecule has 0 aromatic heterocycles. The second-order valence-electron chi connectivity index (χ2n) is 7.32. The van der Waals surface area contributed by atoms with E-state index in [1.165, 1.54) is 12.1 Å². The summed E-state index contributed by atoms with van der Waals surface area (Å²) in [6.45, 7) is 5.42. The molecule has 0 saturated carbocycles. The Morgan fingerprint density at radius 1 is 0.933 bits per heavy atom. The van der Waals surface area contributed by atoms with Crippen molar-refractivity contribution in [1.29, 1.82) is 0 Å². The standard InChI is InChI=1S/C23H26O6S/c1-4-28-22(24)19-14-16-8-6-7-9-18(16)21(20(19)23(25)29-5-2)30(26,27)17-12-10-15(3)11-13-17/h6-13,19-21H,4-5,14H2,1-3H3/t19-,20+,21-/m1/s1. The summed E-state index contributed by atoms with van der Waals surface area (Å²) in [6, 6.07) is 13.5. The fourth-order valence-corrected chi connectivity index (χ4v) is 6.07. The molecular formula is C23H26O6S. The van der Waals surface area contributed by atoms with Gasteiger partial charge in [0.25, 0.3) is 0 Å². The van der Waals surface area contributed by atoms with Crippen LogP contribution in [0.3, 0.4) is 0 Å². The second-order valence-corrected chi connectivity index (χ2v) is 9.39. The normalized spacial score (nSPS) is 20.8. The van der Waals surface area contributed by atoms with Gasteiger partial charge in [-0.3, -0.25) is 9.59 Å². The van der Waals surface area contributed by atoms with Gasteiger partial charge in [-0.15, -0.1) is 0 Å². The molecule has 2 aromatic carbocycles. The third-order valence-corrected chi connectivity index (χ3v) is 7.54. The Morgan fingerprint density at radius 2 is 1.53 bits per heavy atom. The van der Waals surface area contributed by atoms with Gasteiger partial charge in [0.1, 0.15) is 5.25 Å². The largest absolute Gasteiger partial charge is 0.466 e. The smallest absolute Gasteiger partial charge is 0.311 e. The van der Waals surface area contributed by atoms with Crippen LogP contribution in [0.25, 0.3) is 0 Å². The number of sulfone groups is 1. The number of carbonyl (C=O) groups excluding carboxylic acids is 2. The van der Waals surface area contributed by atoms with Gasteiger partial charge in [-0.25, -0.2) is 8.42 Å². The van der Waals surface area contributed by atoms with Gasteiger partial charge in [-0.05, 0) is 50.5 Å². The first-order valence-corrected chi connectivity index (χ1v) is 11.6. The molecule has 1 aliphatic rings. The minimum Gasteiger partial charge on any atom is -0.466 e. The van der Waals surface area contributed by atoms with Crippen molar-refractivity contribution in [2.75, 3.05) is 13.2 Å². The van der Waals surface area contributed by atoms with Crippen LogP contribution in [0.5, 0.6) is 0 Å². The van der Waals surface area contributed by atoms with Gasteiger partial charge in [0.2, 0.25) is 0 Å². The van der Waals surface area contributed by atoms with Crippen LogP contribution >= 0.6 is 0 Å². The van der Waals surface area contributed by atoms with Crippen molar-refractivity contribution in [2.45, 2.75) is 37.3 Å². The molecule has 160 valence electrons. The van der Waals surface area contributed by atoms with Gasteiger partial charge >= 0.3 is 11.9 Å². The van der Waals surface area contributed by atoms with Crippen LogP contribution in [0.15, 0.2) is 53.4 Å². The maximum Gasteiger partial charge on any atom is 0.311 e. The van der Waals surface area contributed by atoms with E-state index in [9.17, 15) is 18.0 Å². The lowest BCUT2D eigenvalue weighted by Gasteiger charge is -2.36. The topological polar surface area (TPSA) is 86.7 Å². The summed E-state index contributed by atoms with van der Waals surface area (Å²) in [5.41, 5.74) is 2.16. The SMILES string of the molecule is CCOC(=O)[C@@H]1[C@H](S(=O)(=O)c2ccc(C)cc2)c2ccccc2C[C@H]1C(=O)OCC. The monoisotopic (exact) mass is 430 g/mol. The van der Waals surface area contributed by atoms with Crippen LogP contribution < -0.4 is 0 Å². The van der Waals surface area contributed by atoms with Gasteiger partial charge in [0.05, 0.1) is 29.9 Å². The zero-order chi connectivity index (χ0) is 21.9. The van der Waals surface area contributed by atoms with Crippen LogP contribution in [0.4, 0.5) is 0 Å². The summed E-state index contributed by atoms with van der Waals surface area (Å²) in [4.78, 5) is 25.8. The van der Waals surface area contributed by atoms with Crippen LogP contribution in [0.2, 0.25) is 0 Å². The van der Waals surface area contributed by atoms with E-state index in [-0.39, 0.29) is 24.5 Å². The lowest BCUT2D eigenvalue weighted by Crippen LogP contribution is -2.43. The molecule has 0 fully saturated rings. The highest BCUT2D eigenvalue weighted by Gasteiger charge is 2.51. The molecule has 0 aliphatic heterocycles. The van der Waals surface area contributed by atoms with Crippen molar-refractivity contribution >= 4 is 21.8 Å². The third-order valence-electron chi connectivity index (χ3n) is 5.39. The number of esters is 2. The molecule has 0 unspecified atom stereocenters. The van der Waals surface area contributed by atoms with E-state index >= 15 is 0 Å². The lowest BCUT2D eigenvalue weighted by molar-refractivity contribution is -0.161. The summed E-state index contributed by atoms with van der Waals surface area (Å²) in [5.74, 6) is -3.42. The molecule has 0 saturated heterocycles. The maximum absolute atomic E-state index is 13.7. The Balaban J connectivity index is 2.22. The average Bonchev–Trinajstić information content (AvgIpc) is 2.73. The summed E-state index contributed by atoms with van der Waals surface area (Å²) < 4.78 is 37.9. The fraction of sp³-hybridized carbons (Fsp3) is 0.391. The van der Waals surface area contributed by atoms with E-state index in [4.69, 9.17) is 9.47 Å². The van der Waals surface area contributed by atoms with E-state index in [1.807, 2.05) is 6.92 Å². The molecule has 30 heavy (non-hydrogen) atoms. The van der Waals surface area contributed by atoms with Crippen LogP contribution in [0.1, 0.15) is 35.8 Å². The van der Waals surface area contributed by atoms with Crippen molar-refractivity contribution in [1.82, 2.24) is 0 Å². The predicted octanol–water partition coefficient (Wildman–Crippen LogP) is 3.42. The van der Waals surface area contributed by atoms with E-state index in [1.54, 1.807) is 50.2 Å². The van der Waals surface area contributed by atoms with Crippen LogP contribution in [0, 0.1) is 18.8 Å². The molecule has 0 heterocycles. The first-order valence-electron chi connectivity index (χ1n) is 10.0. The molecule has 0 amide bonds. The first kappa shape index (κ1) is 22.0. The Morgan fingerprint density at radius 3 is 2.17 bits per heavy atom. The minimum atomic E-state index is -3.99. The summed E-state index contributed by atoms with van der Waals surface area (Å²) in [6.07, 6.45) is 0.221. The van der Waals surface area contributed by atoms with Crippen molar-refractivity contribution in [3.8, 4) is 0 Å². The molecule has 0 N–H and O–H groups in total. The van der Waals surface area contributed by atoms with Gasteiger partial charge in [0.15, 0.2) is 9.84 Å². The number of hydrogen-bond acceptors (Lipinski definition) is 6. The lowest BCUT2D eigenvalue weighted by atomic mass is 9.75. The van der Waals surface area contributed by atoms with Crippen LogP contribution in [-0.4, -0.2) is 33.6 Å². The minimum absolute atomic E-state index is 0.0871. The number of hydrogen-bond donors (Lipinski definition) is 0. The Labute approximate surface area is 177 Å². The number of benzene rings is 2. The van der Waals surface area contributed by atoms with E-state index in [0.29, 0.717) is 5.56 Å². The van der Waals surface area contributed by atoms with Gasteiger partial charge in [0, 0.05) is 0 Å². The average molecular weight is 431 g/mol. The molecule has 2 aromatic rings. The highest BCUT2D eigenvalue weighted by atomic mass is 32.2. The molecule has 3 atom stereocenters. The quantitative estimate of drug-likeness (QED) is 0.653. The van der Waals surface area contributed by atoms with Crippen molar-refractivity contribution in [3.05, 3.63) is 65.2 Å². The Bertz CT molecular complexity index is 1030. The van der Waals surface area contributed by atoms with Gasteiger partial charge < -0.3 is 9.47 Å². The predicted molar refractivity (Wildman–Crippen MR) is 111 cm³/mol. The first-order chi connectivity index (χ1) is 14.3. The molecule has 0 radical (unpaired) electrons. The molecule has 6 nitrogen and oxygen atoms in total. The van der Waals surface area contributed by atoms with E-state index in [2.05, 4.69) is 0 Å².